The van der Waals surface area contributed by atoms with Crippen molar-refractivity contribution in [3.8, 4) is 17.1 Å². The van der Waals surface area contributed by atoms with E-state index in [1.165, 1.54) is 0 Å². The molecule has 0 saturated heterocycles. The summed E-state index contributed by atoms with van der Waals surface area (Å²) in [6.45, 7) is 4.10. The molecular weight excluding hydrogens is 262 g/mol. The number of benzene rings is 1. The second kappa shape index (κ2) is 5.36. The predicted octanol–water partition coefficient (Wildman–Crippen LogP) is 2.99. The normalized spacial score (nSPS) is 10.6. The van der Waals surface area contributed by atoms with Crippen molar-refractivity contribution in [2.24, 2.45) is 0 Å². The zero-order valence-electron chi connectivity index (χ0n) is 12.3. The van der Waals surface area contributed by atoms with Crippen LogP contribution in [0, 0.1) is 13.8 Å². The molecule has 5 nitrogen and oxygen atoms in total. The Morgan fingerprint density at radius 3 is 2.43 bits per heavy atom. The highest BCUT2D eigenvalue weighted by Crippen LogP contribution is 2.27. The van der Waals surface area contributed by atoms with Gasteiger partial charge in [0.2, 0.25) is 0 Å². The summed E-state index contributed by atoms with van der Waals surface area (Å²) in [5.74, 6) is 0.807. The fraction of sp³-hybridized carbons (Fsp3) is 0.188. The maximum Gasteiger partial charge on any atom is 0.151 e. The minimum atomic E-state index is 0.807. The predicted molar refractivity (Wildman–Crippen MR) is 83.6 cm³/mol. The molecule has 0 fully saturated rings. The highest BCUT2D eigenvalue weighted by atomic mass is 15.3. The van der Waals surface area contributed by atoms with E-state index in [1.807, 2.05) is 55.1 Å². The van der Waals surface area contributed by atoms with Gasteiger partial charge in [0.25, 0.3) is 0 Å². The quantitative estimate of drug-likeness (QED) is 0.800. The first-order valence-electron chi connectivity index (χ1n) is 6.84. The van der Waals surface area contributed by atoms with E-state index in [4.69, 9.17) is 0 Å². The van der Waals surface area contributed by atoms with E-state index in [0.717, 1.165) is 34.0 Å². The number of hydrogen-bond donors (Lipinski definition) is 1. The molecule has 0 aliphatic carbocycles. The van der Waals surface area contributed by atoms with Gasteiger partial charge in [0, 0.05) is 7.05 Å². The molecule has 106 valence electrons. The minimum Gasteiger partial charge on any atom is -0.371 e. The van der Waals surface area contributed by atoms with Gasteiger partial charge in [-0.25, -0.2) is 4.68 Å². The van der Waals surface area contributed by atoms with Crippen molar-refractivity contribution in [1.29, 1.82) is 0 Å². The van der Waals surface area contributed by atoms with Crippen molar-refractivity contribution in [1.82, 2.24) is 20.0 Å². The van der Waals surface area contributed by atoms with Crippen LogP contribution in [0.3, 0.4) is 0 Å². The molecule has 1 N–H and O–H groups in total. The highest BCUT2D eigenvalue weighted by Gasteiger charge is 2.15. The minimum absolute atomic E-state index is 0.807. The molecule has 0 radical (unpaired) electrons. The van der Waals surface area contributed by atoms with Crippen LogP contribution in [0.5, 0.6) is 0 Å². The third kappa shape index (κ3) is 2.27. The second-order valence-corrected chi connectivity index (χ2v) is 4.86. The molecule has 5 heteroatoms. The lowest BCUT2D eigenvalue weighted by Crippen LogP contribution is -2.06. The Morgan fingerprint density at radius 1 is 0.952 bits per heavy atom. The molecule has 0 saturated carbocycles. The Morgan fingerprint density at radius 2 is 1.71 bits per heavy atom. The molecule has 0 amide bonds. The fourth-order valence-electron chi connectivity index (χ4n) is 2.34. The van der Waals surface area contributed by atoms with Crippen molar-refractivity contribution < 1.29 is 0 Å². The lowest BCUT2D eigenvalue weighted by atomic mass is 10.1. The topological polar surface area (TPSA) is 55.6 Å². The number of rotatable bonds is 3. The first-order chi connectivity index (χ1) is 10.2. The van der Waals surface area contributed by atoms with Crippen molar-refractivity contribution in [3.63, 3.8) is 0 Å². The standard InChI is InChI=1S/C16H17N5/c1-11-12(2)16(17-3)20-19-15(11)14-9-10-18-21(14)13-7-5-4-6-8-13/h4-10H,1-3H3,(H,17,20). The van der Waals surface area contributed by atoms with Crippen molar-refractivity contribution in [3.05, 3.63) is 53.7 Å². The van der Waals surface area contributed by atoms with E-state index < -0.39 is 0 Å². The molecule has 3 rings (SSSR count). The molecule has 0 spiro atoms. The SMILES string of the molecule is CNc1nnc(-c2ccnn2-c2ccccc2)c(C)c1C. The van der Waals surface area contributed by atoms with E-state index in [1.54, 1.807) is 6.20 Å². The lowest BCUT2D eigenvalue weighted by molar-refractivity contribution is 0.874. The number of para-hydroxylation sites is 1. The highest BCUT2D eigenvalue weighted by molar-refractivity contribution is 5.65. The van der Waals surface area contributed by atoms with Crippen LogP contribution in [0.4, 0.5) is 5.82 Å². The maximum absolute atomic E-state index is 4.41. The van der Waals surface area contributed by atoms with E-state index in [9.17, 15) is 0 Å². The van der Waals surface area contributed by atoms with Crippen LogP contribution in [-0.2, 0) is 0 Å². The smallest absolute Gasteiger partial charge is 0.151 e. The van der Waals surface area contributed by atoms with Crippen molar-refractivity contribution in [2.45, 2.75) is 13.8 Å². The Hall–Kier alpha value is -2.69. The maximum atomic E-state index is 4.41. The number of anilines is 1. The molecule has 0 aliphatic heterocycles. The molecule has 21 heavy (non-hydrogen) atoms. The van der Waals surface area contributed by atoms with Crippen LogP contribution >= 0.6 is 0 Å². The van der Waals surface area contributed by atoms with Gasteiger partial charge in [-0.1, -0.05) is 18.2 Å². The third-order valence-corrected chi connectivity index (χ3v) is 3.65. The number of aromatic nitrogens is 4. The molecule has 0 unspecified atom stereocenters. The summed E-state index contributed by atoms with van der Waals surface area (Å²) in [6, 6.07) is 12.0. The van der Waals surface area contributed by atoms with Crippen LogP contribution < -0.4 is 5.32 Å². The summed E-state index contributed by atoms with van der Waals surface area (Å²) in [5, 5.41) is 16.1. The van der Waals surface area contributed by atoms with Crippen LogP contribution in [-0.4, -0.2) is 27.0 Å². The van der Waals surface area contributed by atoms with Crippen molar-refractivity contribution in [2.75, 3.05) is 12.4 Å². The molecular formula is C16H17N5. The fourth-order valence-corrected chi connectivity index (χ4v) is 2.34. The lowest BCUT2D eigenvalue weighted by Gasteiger charge is -2.12. The Balaban J connectivity index is 2.15. The van der Waals surface area contributed by atoms with Gasteiger partial charge in [-0.2, -0.15) is 5.10 Å². The summed E-state index contributed by atoms with van der Waals surface area (Å²) in [4.78, 5) is 0. The van der Waals surface area contributed by atoms with Gasteiger partial charge in [0.1, 0.15) is 5.69 Å². The molecule has 2 heterocycles. The number of hydrogen-bond acceptors (Lipinski definition) is 4. The Labute approximate surface area is 123 Å². The summed E-state index contributed by atoms with van der Waals surface area (Å²) in [7, 11) is 1.85. The van der Waals surface area contributed by atoms with Crippen LogP contribution in [0.25, 0.3) is 17.1 Å². The van der Waals surface area contributed by atoms with E-state index in [2.05, 4.69) is 27.5 Å². The number of nitrogens with one attached hydrogen (secondary N) is 1. The largest absolute Gasteiger partial charge is 0.371 e. The monoisotopic (exact) mass is 279 g/mol. The van der Waals surface area contributed by atoms with E-state index in [0.29, 0.717) is 0 Å². The molecule has 0 aliphatic rings. The summed E-state index contributed by atoms with van der Waals surface area (Å²) in [6.07, 6.45) is 1.78. The first kappa shape index (κ1) is 13.3. The van der Waals surface area contributed by atoms with Gasteiger partial charge in [-0.3, -0.25) is 0 Å². The Bertz CT molecular complexity index is 762. The number of nitrogens with zero attached hydrogens (tertiary/aromatic N) is 4. The summed E-state index contributed by atoms with van der Waals surface area (Å²) >= 11 is 0. The average molecular weight is 279 g/mol. The van der Waals surface area contributed by atoms with Gasteiger partial charge >= 0.3 is 0 Å². The van der Waals surface area contributed by atoms with E-state index >= 15 is 0 Å². The molecule has 3 aromatic rings. The van der Waals surface area contributed by atoms with Crippen LogP contribution in [0.15, 0.2) is 42.6 Å². The second-order valence-electron chi connectivity index (χ2n) is 4.86. The third-order valence-electron chi connectivity index (χ3n) is 3.65. The van der Waals surface area contributed by atoms with Gasteiger partial charge in [0.15, 0.2) is 5.82 Å². The van der Waals surface area contributed by atoms with E-state index in [-0.39, 0.29) is 0 Å². The van der Waals surface area contributed by atoms with Crippen LogP contribution in [0.2, 0.25) is 0 Å². The zero-order valence-corrected chi connectivity index (χ0v) is 12.3. The molecule has 0 atom stereocenters. The average Bonchev–Trinajstić information content (AvgIpc) is 3.00. The summed E-state index contributed by atoms with van der Waals surface area (Å²) in [5.41, 5.74) is 5.01. The molecule has 0 bridgehead atoms. The van der Waals surface area contributed by atoms with Gasteiger partial charge in [0.05, 0.1) is 17.6 Å². The van der Waals surface area contributed by atoms with Gasteiger partial charge < -0.3 is 5.32 Å². The summed E-state index contributed by atoms with van der Waals surface area (Å²) < 4.78 is 1.88. The first-order valence-corrected chi connectivity index (χ1v) is 6.84. The Kier molecular flexibility index (Phi) is 3.39. The molecule has 1 aromatic carbocycles. The van der Waals surface area contributed by atoms with Crippen molar-refractivity contribution >= 4 is 5.82 Å². The van der Waals surface area contributed by atoms with Gasteiger partial charge in [-0.15, -0.1) is 10.2 Å². The zero-order chi connectivity index (χ0) is 14.8. The van der Waals surface area contributed by atoms with Gasteiger partial charge in [-0.05, 0) is 43.2 Å². The molecule has 2 aromatic heterocycles. The van der Waals surface area contributed by atoms with Crippen LogP contribution in [0.1, 0.15) is 11.1 Å².